The molecular weight excluding hydrogens is 379 g/mol. The van der Waals surface area contributed by atoms with Gasteiger partial charge < -0.3 is 0 Å². The molecule has 0 nitrogen and oxygen atoms in total. The van der Waals surface area contributed by atoms with E-state index in [4.69, 9.17) is 0 Å². The van der Waals surface area contributed by atoms with E-state index in [1.807, 2.05) is 5.56 Å². The molecule has 0 N–H and O–H groups in total. The molecule has 0 atom stereocenters. The van der Waals surface area contributed by atoms with E-state index in [0.29, 0.717) is 0 Å². The quantitative estimate of drug-likeness (QED) is 0.456. The van der Waals surface area contributed by atoms with E-state index in [1.54, 1.807) is 14.7 Å². The van der Waals surface area contributed by atoms with Crippen LogP contribution in [0.15, 0.2) is 12.1 Å². The van der Waals surface area contributed by atoms with E-state index < -0.39 is 0 Å². The average molecular weight is 410 g/mol. The van der Waals surface area contributed by atoms with Crippen LogP contribution in [0.5, 0.6) is 0 Å². The Morgan fingerprint density at radius 1 is 0.818 bits per heavy atom. The van der Waals surface area contributed by atoms with Crippen molar-refractivity contribution < 1.29 is 0 Å². The molecule has 2 aliphatic rings. The van der Waals surface area contributed by atoms with Gasteiger partial charge in [0, 0.05) is 3.57 Å². The Hall–Kier alpha value is -0.0500. The normalized spacial score (nSPS) is 21.2. The lowest BCUT2D eigenvalue weighted by Gasteiger charge is -2.32. The van der Waals surface area contributed by atoms with Crippen LogP contribution < -0.4 is 0 Å². The van der Waals surface area contributed by atoms with Crippen LogP contribution in [0, 0.1) is 3.57 Å². The van der Waals surface area contributed by atoms with Gasteiger partial charge in [0.05, 0.1) is 0 Å². The molecule has 0 saturated heterocycles. The zero-order valence-electron chi connectivity index (χ0n) is 14.2. The second kappa shape index (κ2) is 8.17. The van der Waals surface area contributed by atoms with Crippen molar-refractivity contribution in [2.75, 3.05) is 0 Å². The Kier molecular flexibility index (Phi) is 6.24. The third-order valence-corrected chi connectivity index (χ3v) is 6.81. The highest BCUT2D eigenvalue weighted by Crippen LogP contribution is 2.44. The third kappa shape index (κ3) is 3.71. The number of benzene rings is 1. The summed E-state index contributed by atoms with van der Waals surface area (Å²) in [6.07, 6.45) is 17.0. The number of hydrogen-bond donors (Lipinski definition) is 0. The van der Waals surface area contributed by atoms with Crippen LogP contribution in [0.4, 0.5) is 0 Å². The van der Waals surface area contributed by atoms with E-state index >= 15 is 0 Å². The number of rotatable bonds is 4. The molecule has 122 valence electrons. The van der Waals surface area contributed by atoms with Crippen molar-refractivity contribution in [3.8, 4) is 0 Å². The van der Waals surface area contributed by atoms with Crippen LogP contribution in [0.2, 0.25) is 0 Å². The summed E-state index contributed by atoms with van der Waals surface area (Å²) in [5.41, 5.74) is 5.30. The first-order valence-electron chi connectivity index (χ1n) is 9.62. The van der Waals surface area contributed by atoms with Crippen LogP contribution in [-0.4, -0.2) is 0 Å². The Balaban J connectivity index is 2.02. The topological polar surface area (TPSA) is 0 Å². The predicted molar refractivity (Wildman–Crippen MR) is 105 cm³/mol. The predicted octanol–water partition coefficient (Wildman–Crippen LogP) is 7.34. The highest BCUT2D eigenvalue weighted by molar-refractivity contribution is 14.1. The lowest BCUT2D eigenvalue weighted by molar-refractivity contribution is 0.416. The number of halogens is 1. The minimum atomic E-state index is 0.856. The maximum atomic E-state index is 2.63. The number of hydrogen-bond acceptors (Lipinski definition) is 0. The van der Waals surface area contributed by atoms with Gasteiger partial charge >= 0.3 is 0 Å². The Morgan fingerprint density at radius 2 is 1.36 bits per heavy atom. The van der Waals surface area contributed by atoms with Gasteiger partial charge in [-0.05, 0) is 89.3 Å². The summed E-state index contributed by atoms with van der Waals surface area (Å²) in [5, 5.41) is 0. The smallest absolute Gasteiger partial charge is 0.0168 e. The molecule has 0 aliphatic heterocycles. The largest absolute Gasteiger partial charge is 0.0651 e. The van der Waals surface area contributed by atoms with Crippen LogP contribution in [0.25, 0.3) is 0 Å². The van der Waals surface area contributed by atoms with Crippen LogP contribution in [-0.2, 0) is 6.42 Å². The zero-order valence-corrected chi connectivity index (χ0v) is 16.3. The second-order valence-electron chi connectivity index (χ2n) is 7.45. The van der Waals surface area contributed by atoms with Crippen molar-refractivity contribution in [2.45, 2.75) is 95.8 Å². The van der Waals surface area contributed by atoms with Crippen molar-refractivity contribution in [1.82, 2.24) is 0 Å². The fourth-order valence-electron chi connectivity index (χ4n) is 4.82. The van der Waals surface area contributed by atoms with Crippen molar-refractivity contribution >= 4 is 22.6 Å². The minimum absolute atomic E-state index is 0.856. The first kappa shape index (κ1) is 16.8. The van der Waals surface area contributed by atoms with E-state index in [2.05, 4.69) is 41.6 Å². The fourth-order valence-corrected chi connectivity index (χ4v) is 5.73. The van der Waals surface area contributed by atoms with E-state index in [-0.39, 0.29) is 0 Å². The molecule has 22 heavy (non-hydrogen) atoms. The van der Waals surface area contributed by atoms with Gasteiger partial charge in [-0.15, -0.1) is 0 Å². The van der Waals surface area contributed by atoms with Crippen molar-refractivity contribution in [2.24, 2.45) is 0 Å². The van der Waals surface area contributed by atoms with E-state index in [9.17, 15) is 0 Å². The fraction of sp³-hybridized carbons (Fsp3) is 0.714. The van der Waals surface area contributed by atoms with Crippen LogP contribution in [0.1, 0.15) is 106 Å². The molecule has 0 bridgehead atoms. The molecule has 3 rings (SSSR count). The first-order chi connectivity index (χ1) is 10.8. The molecule has 1 aromatic carbocycles. The van der Waals surface area contributed by atoms with Gasteiger partial charge in [-0.1, -0.05) is 57.9 Å². The molecule has 1 heteroatoms. The molecule has 0 radical (unpaired) electrons. The zero-order chi connectivity index (χ0) is 15.4. The first-order valence-corrected chi connectivity index (χ1v) is 10.7. The Morgan fingerprint density at radius 3 is 1.91 bits per heavy atom. The molecule has 0 aromatic heterocycles. The van der Waals surface area contributed by atoms with Gasteiger partial charge in [0.1, 0.15) is 0 Å². The number of aryl methyl sites for hydroxylation is 1. The lowest BCUT2D eigenvalue weighted by atomic mass is 9.74. The van der Waals surface area contributed by atoms with E-state index in [0.717, 1.165) is 11.8 Å². The van der Waals surface area contributed by atoms with Crippen LogP contribution >= 0.6 is 22.6 Å². The monoisotopic (exact) mass is 410 g/mol. The van der Waals surface area contributed by atoms with Crippen molar-refractivity contribution in [1.29, 1.82) is 0 Å². The van der Waals surface area contributed by atoms with Crippen LogP contribution in [0.3, 0.4) is 0 Å². The van der Waals surface area contributed by atoms with Gasteiger partial charge in [-0.3, -0.25) is 0 Å². The summed E-state index contributed by atoms with van der Waals surface area (Å²) in [4.78, 5) is 0. The molecular formula is C21H31I. The standard InChI is InChI=1S/C21H31I/c1-2-9-16-14-15-19(22)21(18-12-7-4-8-13-18)20(16)17-10-5-3-6-11-17/h14-15,17-18H,2-13H2,1H3. The molecule has 2 aliphatic carbocycles. The molecule has 2 fully saturated rings. The molecule has 0 heterocycles. The molecule has 1 aromatic rings. The molecule has 2 saturated carbocycles. The van der Waals surface area contributed by atoms with Crippen molar-refractivity contribution in [3.63, 3.8) is 0 Å². The average Bonchev–Trinajstić information content (AvgIpc) is 2.58. The van der Waals surface area contributed by atoms with Gasteiger partial charge in [-0.25, -0.2) is 0 Å². The summed E-state index contributed by atoms with van der Waals surface area (Å²) in [6.45, 7) is 2.34. The van der Waals surface area contributed by atoms with Gasteiger partial charge in [0.15, 0.2) is 0 Å². The maximum absolute atomic E-state index is 2.63. The van der Waals surface area contributed by atoms with Gasteiger partial charge in [-0.2, -0.15) is 0 Å². The Labute approximate surface area is 150 Å². The SMILES string of the molecule is CCCc1ccc(I)c(C2CCCCC2)c1C1CCCCC1. The highest BCUT2D eigenvalue weighted by atomic mass is 127. The summed E-state index contributed by atoms with van der Waals surface area (Å²) in [6, 6.07) is 4.88. The third-order valence-electron chi connectivity index (χ3n) is 5.87. The maximum Gasteiger partial charge on any atom is 0.0168 e. The summed E-state index contributed by atoms with van der Waals surface area (Å²) in [5.74, 6) is 1.72. The lowest BCUT2D eigenvalue weighted by Crippen LogP contribution is -2.16. The Bertz CT molecular complexity index is 479. The summed E-state index contributed by atoms with van der Waals surface area (Å²) >= 11 is 2.63. The molecule has 0 spiro atoms. The van der Waals surface area contributed by atoms with Gasteiger partial charge in [0.25, 0.3) is 0 Å². The second-order valence-corrected chi connectivity index (χ2v) is 8.62. The minimum Gasteiger partial charge on any atom is -0.0651 e. The highest BCUT2D eigenvalue weighted by Gasteiger charge is 2.27. The molecule has 0 amide bonds. The van der Waals surface area contributed by atoms with Gasteiger partial charge in [0.2, 0.25) is 0 Å². The summed E-state index contributed by atoms with van der Waals surface area (Å²) in [7, 11) is 0. The summed E-state index contributed by atoms with van der Waals surface area (Å²) < 4.78 is 1.56. The van der Waals surface area contributed by atoms with E-state index in [1.165, 1.54) is 77.0 Å². The molecule has 0 unspecified atom stereocenters. The van der Waals surface area contributed by atoms with Crippen molar-refractivity contribution in [3.05, 3.63) is 32.4 Å².